The standard InChI is InChI=1S/C22H21N3O/c1-24(18-10-3-2-4-11-18)22(26)20-14-13-19(16-23-20)25-15-7-9-17-8-5-6-12-21(17)25/h2-6,8,10-14,16H,7,9,15H2,1H3. The highest BCUT2D eigenvalue weighted by atomic mass is 16.2. The fourth-order valence-corrected chi connectivity index (χ4v) is 3.41. The lowest BCUT2D eigenvalue weighted by atomic mass is 10.0. The number of fused-ring (bicyclic) bond motifs is 1. The summed E-state index contributed by atoms with van der Waals surface area (Å²) in [6.07, 6.45) is 4.03. The largest absolute Gasteiger partial charge is 0.340 e. The quantitative estimate of drug-likeness (QED) is 0.705. The Labute approximate surface area is 153 Å². The van der Waals surface area contributed by atoms with Crippen LogP contribution in [-0.2, 0) is 6.42 Å². The lowest BCUT2D eigenvalue weighted by Crippen LogP contribution is -2.27. The van der Waals surface area contributed by atoms with E-state index in [-0.39, 0.29) is 5.91 Å². The number of amides is 1. The minimum atomic E-state index is -0.109. The van der Waals surface area contributed by atoms with Crippen LogP contribution in [0.4, 0.5) is 17.1 Å². The second-order valence-corrected chi connectivity index (χ2v) is 6.49. The van der Waals surface area contributed by atoms with Gasteiger partial charge in [0, 0.05) is 25.0 Å². The molecule has 3 aromatic rings. The average molecular weight is 343 g/mol. The van der Waals surface area contributed by atoms with Crippen LogP contribution >= 0.6 is 0 Å². The Morgan fingerprint density at radius 3 is 2.54 bits per heavy atom. The third-order valence-corrected chi connectivity index (χ3v) is 4.84. The number of para-hydroxylation sites is 2. The zero-order valence-corrected chi connectivity index (χ0v) is 14.8. The smallest absolute Gasteiger partial charge is 0.276 e. The van der Waals surface area contributed by atoms with Crippen LogP contribution in [0, 0.1) is 0 Å². The third kappa shape index (κ3) is 3.06. The van der Waals surface area contributed by atoms with Crippen molar-refractivity contribution in [2.24, 2.45) is 0 Å². The Balaban J connectivity index is 1.57. The molecule has 0 spiro atoms. The summed E-state index contributed by atoms with van der Waals surface area (Å²) >= 11 is 0. The lowest BCUT2D eigenvalue weighted by Gasteiger charge is -2.31. The van der Waals surface area contributed by atoms with E-state index in [2.05, 4.69) is 34.1 Å². The molecule has 2 heterocycles. The van der Waals surface area contributed by atoms with E-state index in [1.165, 1.54) is 11.3 Å². The SMILES string of the molecule is CN(C(=O)c1ccc(N2CCCc3ccccc32)cn1)c1ccccc1. The number of pyridine rings is 1. The summed E-state index contributed by atoms with van der Waals surface area (Å²) in [7, 11) is 1.77. The molecule has 4 heteroatoms. The highest BCUT2D eigenvalue weighted by Gasteiger charge is 2.19. The normalized spacial score (nSPS) is 13.2. The van der Waals surface area contributed by atoms with E-state index in [1.807, 2.05) is 42.5 Å². The fraction of sp³-hybridized carbons (Fsp3) is 0.182. The fourth-order valence-electron chi connectivity index (χ4n) is 3.41. The van der Waals surface area contributed by atoms with Crippen LogP contribution in [0.2, 0.25) is 0 Å². The summed E-state index contributed by atoms with van der Waals surface area (Å²) < 4.78 is 0. The molecule has 0 aliphatic carbocycles. The number of hydrogen-bond donors (Lipinski definition) is 0. The van der Waals surface area contributed by atoms with Crippen molar-refractivity contribution < 1.29 is 4.79 Å². The highest BCUT2D eigenvalue weighted by molar-refractivity contribution is 6.04. The van der Waals surface area contributed by atoms with Gasteiger partial charge in [-0.2, -0.15) is 0 Å². The van der Waals surface area contributed by atoms with Gasteiger partial charge in [-0.3, -0.25) is 4.79 Å². The van der Waals surface area contributed by atoms with E-state index < -0.39 is 0 Å². The summed E-state index contributed by atoms with van der Waals surface area (Å²) in [5.74, 6) is -0.109. The summed E-state index contributed by atoms with van der Waals surface area (Å²) in [4.78, 5) is 21.0. The number of rotatable bonds is 3. The molecule has 4 rings (SSSR count). The van der Waals surface area contributed by atoms with E-state index in [0.29, 0.717) is 5.69 Å². The minimum absolute atomic E-state index is 0.109. The van der Waals surface area contributed by atoms with Gasteiger partial charge in [0.2, 0.25) is 0 Å². The highest BCUT2D eigenvalue weighted by Crippen LogP contribution is 2.32. The van der Waals surface area contributed by atoms with E-state index in [0.717, 1.165) is 30.8 Å². The predicted molar refractivity (Wildman–Crippen MR) is 105 cm³/mol. The Morgan fingerprint density at radius 2 is 1.77 bits per heavy atom. The van der Waals surface area contributed by atoms with Crippen molar-refractivity contribution >= 4 is 23.0 Å². The van der Waals surface area contributed by atoms with E-state index in [4.69, 9.17) is 0 Å². The van der Waals surface area contributed by atoms with Gasteiger partial charge < -0.3 is 9.80 Å². The molecule has 0 bridgehead atoms. The molecular formula is C22H21N3O. The average Bonchev–Trinajstić information content (AvgIpc) is 2.73. The van der Waals surface area contributed by atoms with Gasteiger partial charge in [0.05, 0.1) is 11.9 Å². The van der Waals surface area contributed by atoms with E-state index in [1.54, 1.807) is 18.1 Å². The molecule has 1 aromatic heterocycles. The maximum absolute atomic E-state index is 12.7. The molecule has 26 heavy (non-hydrogen) atoms. The van der Waals surface area contributed by atoms with E-state index >= 15 is 0 Å². The van der Waals surface area contributed by atoms with Crippen molar-refractivity contribution in [3.8, 4) is 0 Å². The molecule has 0 unspecified atom stereocenters. The molecule has 1 amide bonds. The van der Waals surface area contributed by atoms with Crippen molar-refractivity contribution in [3.05, 3.63) is 84.2 Å². The number of aromatic nitrogens is 1. The number of aryl methyl sites for hydroxylation is 1. The van der Waals surface area contributed by atoms with Gasteiger partial charge in [-0.05, 0) is 48.7 Å². The Kier molecular flexibility index (Phi) is 4.40. The molecule has 0 fully saturated rings. The molecule has 1 aliphatic rings. The molecule has 2 aromatic carbocycles. The molecule has 130 valence electrons. The second-order valence-electron chi connectivity index (χ2n) is 6.49. The van der Waals surface area contributed by atoms with Crippen LogP contribution < -0.4 is 9.80 Å². The molecule has 4 nitrogen and oxygen atoms in total. The first-order valence-electron chi connectivity index (χ1n) is 8.88. The molecule has 0 radical (unpaired) electrons. The monoisotopic (exact) mass is 343 g/mol. The van der Waals surface area contributed by atoms with Crippen LogP contribution in [-0.4, -0.2) is 24.5 Å². The van der Waals surface area contributed by atoms with Crippen LogP contribution in [0.25, 0.3) is 0 Å². The molecule has 1 aliphatic heterocycles. The minimum Gasteiger partial charge on any atom is -0.340 e. The molecular weight excluding hydrogens is 322 g/mol. The van der Waals surface area contributed by atoms with Crippen molar-refractivity contribution in [1.82, 2.24) is 4.98 Å². The van der Waals surface area contributed by atoms with Gasteiger partial charge in [-0.1, -0.05) is 36.4 Å². The first-order chi connectivity index (χ1) is 12.7. The number of benzene rings is 2. The molecule has 0 saturated heterocycles. The van der Waals surface area contributed by atoms with Gasteiger partial charge in [-0.25, -0.2) is 4.98 Å². The predicted octanol–water partition coefficient (Wildman–Crippen LogP) is 4.44. The lowest BCUT2D eigenvalue weighted by molar-refractivity contribution is 0.0988. The number of carbonyl (C=O) groups excluding carboxylic acids is 1. The summed E-state index contributed by atoms with van der Waals surface area (Å²) in [6, 6.07) is 21.9. The summed E-state index contributed by atoms with van der Waals surface area (Å²) in [6.45, 7) is 0.968. The molecule has 0 N–H and O–H groups in total. The zero-order chi connectivity index (χ0) is 17.9. The third-order valence-electron chi connectivity index (χ3n) is 4.84. The maximum atomic E-state index is 12.7. The molecule has 0 saturated carbocycles. The van der Waals surface area contributed by atoms with Gasteiger partial charge in [0.25, 0.3) is 5.91 Å². The first-order valence-corrected chi connectivity index (χ1v) is 8.88. The zero-order valence-electron chi connectivity index (χ0n) is 14.8. The maximum Gasteiger partial charge on any atom is 0.276 e. The summed E-state index contributed by atoms with van der Waals surface area (Å²) in [5, 5.41) is 0. The van der Waals surface area contributed by atoms with Crippen molar-refractivity contribution in [1.29, 1.82) is 0 Å². The summed E-state index contributed by atoms with van der Waals surface area (Å²) in [5.41, 5.74) is 4.93. The van der Waals surface area contributed by atoms with Gasteiger partial charge in [-0.15, -0.1) is 0 Å². The van der Waals surface area contributed by atoms with Crippen molar-refractivity contribution in [3.63, 3.8) is 0 Å². The van der Waals surface area contributed by atoms with Gasteiger partial charge in [0.1, 0.15) is 5.69 Å². The van der Waals surface area contributed by atoms with Crippen molar-refractivity contribution in [2.45, 2.75) is 12.8 Å². The van der Waals surface area contributed by atoms with E-state index in [9.17, 15) is 4.79 Å². The Morgan fingerprint density at radius 1 is 1.00 bits per heavy atom. The number of carbonyl (C=O) groups is 1. The Bertz CT molecular complexity index is 906. The topological polar surface area (TPSA) is 36.4 Å². The van der Waals surface area contributed by atoms with Gasteiger partial charge in [0.15, 0.2) is 0 Å². The number of nitrogens with zero attached hydrogens (tertiary/aromatic N) is 3. The number of hydrogen-bond acceptors (Lipinski definition) is 3. The Hall–Kier alpha value is -3.14. The first kappa shape index (κ1) is 16.3. The van der Waals surface area contributed by atoms with Gasteiger partial charge >= 0.3 is 0 Å². The van der Waals surface area contributed by atoms with Crippen molar-refractivity contribution in [2.75, 3.05) is 23.4 Å². The van der Waals surface area contributed by atoms with Crippen LogP contribution in [0.5, 0.6) is 0 Å². The van der Waals surface area contributed by atoms with Crippen LogP contribution in [0.1, 0.15) is 22.5 Å². The molecule has 0 atom stereocenters. The van der Waals surface area contributed by atoms with Crippen LogP contribution in [0.3, 0.4) is 0 Å². The second kappa shape index (κ2) is 7.00. The van der Waals surface area contributed by atoms with Crippen LogP contribution in [0.15, 0.2) is 72.9 Å². The number of anilines is 3.